The zero-order chi connectivity index (χ0) is 20.5. The maximum absolute atomic E-state index is 6.21. The highest BCUT2D eigenvalue weighted by Gasteiger charge is 2.27. The summed E-state index contributed by atoms with van der Waals surface area (Å²) in [5.74, 6) is 0. The molecule has 152 valence electrons. The van der Waals surface area contributed by atoms with Crippen LogP contribution in [0.15, 0.2) is 67.1 Å². The van der Waals surface area contributed by atoms with Gasteiger partial charge in [-0.05, 0) is 23.8 Å². The highest BCUT2D eigenvalue weighted by molar-refractivity contribution is 6.30. The minimum absolute atomic E-state index is 0.128. The Balaban J connectivity index is 1.41. The van der Waals surface area contributed by atoms with Crippen LogP contribution in [-0.4, -0.2) is 39.1 Å². The summed E-state index contributed by atoms with van der Waals surface area (Å²) >= 11 is 6.21. The SMILES string of the molecule is Cn1cc(CN2CCO[C@@H](c3nccnc3-c3cccc(Cl)c3)C2)c2ccccc21. The fraction of sp³-hybridized carbons (Fsp3) is 0.250. The quantitative estimate of drug-likeness (QED) is 0.474. The van der Waals surface area contributed by atoms with Crippen LogP contribution in [0, 0.1) is 0 Å². The fourth-order valence-electron chi connectivity index (χ4n) is 4.25. The summed E-state index contributed by atoms with van der Waals surface area (Å²) in [5, 5.41) is 1.99. The van der Waals surface area contributed by atoms with Gasteiger partial charge < -0.3 is 9.30 Å². The fourth-order valence-corrected chi connectivity index (χ4v) is 4.44. The lowest BCUT2D eigenvalue weighted by atomic mass is 10.0. The topological polar surface area (TPSA) is 43.2 Å². The van der Waals surface area contributed by atoms with Gasteiger partial charge in [-0.1, -0.05) is 41.9 Å². The van der Waals surface area contributed by atoms with Gasteiger partial charge in [-0.2, -0.15) is 0 Å². The standard InChI is InChI=1S/C24H23ClN4O/c1-28-14-18(20-7-2-3-8-21(20)28)15-29-11-12-30-22(16-29)24-23(26-9-10-27-24)17-5-4-6-19(25)13-17/h2-10,13-14,22H,11-12,15-16H2,1H3/t22-/m1/s1. The molecule has 1 aliphatic heterocycles. The molecular formula is C24H23ClN4O. The van der Waals surface area contributed by atoms with E-state index in [1.807, 2.05) is 24.3 Å². The third kappa shape index (κ3) is 3.72. The van der Waals surface area contributed by atoms with Crippen molar-refractivity contribution in [2.75, 3.05) is 19.7 Å². The van der Waals surface area contributed by atoms with Crippen molar-refractivity contribution in [2.24, 2.45) is 7.05 Å². The molecule has 1 atom stereocenters. The summed E-state index contributed by atoms with van der Waals surface area (Å²) in [6.45, 7) is 3.22. The molecule has 0 N–H and O–H groups in total. The molecule has 0 radical (unpaired) electrons. The number of ether oxygens (including phenoxy) is 1. The molecule has 0 unspecified atom stereocenters. The van der Waals surface area contributed by atoms with Gasteiger partial charge in [0.05, 0.1) is 18.0 Å². The molecule has 5 rings (SSSR count). The van der Waals surface area contributed by atoms with Crippen LogP contribution in [0.1, 0.15) is 17.4 Å². The van der Waals surface area contributed by atoms with Gasteiger partial charge >= 0.3 is 0 Å². The minimum atomic E-state index is -0.128. The lowest BCUT2D eigenvalue weighted by molar-refractivity contribution is -0.0347. The van der Waals surface area contributed by atoms with Crippen LogP contribution in [0.5, 0.6) is 0 Å². The van der Waals surface area contributed by atoms with E-state index in [9.17, 15) is 0 Å². The van der Waals surface area contributed by atoms with E-state index in [0.29, 0.717) is 11.6 Å². The van der Waals surface area contributed by atoms with E-state index in [1.54, 1.807) is 12.4 Å². The first-order valence-electron chi connectivity index (χ1n) is 10.1. The van der Waals surface area contributed by atoms with E-state index in [0.717, 1.165) is 36.6 Å². The maximum Gasteiger partial charge on any atom is 0.114 e. The van der Waals surface area contributed by atoms with E-state index < -0.39 is 0 Å². The third-order valence-corrected chi connectivity index (χ3v) is 5.89. The largest absolute Gasteiger partial charge is 0.369 e. The smallest absolute Gasteiger partial charge is 0.114 e. The first kappa shape index (κ1) is 19.2. The zero-order valence-electron chi connectivity index (χ0n) is 16.8. The number of hydrogen-bond donors (Lipinski definition) is 0. The number of fused-ring (bicyclic) bond motifs is 1. The van der Waals surface area contributed by atoms with E-state index in [4.69, 9.17) is 16.3 Å². The number of hydrogen-bond acceptors (Lipinski definition) is 4. The Bertz CT molecular complexity index is 1190. The van der Waals surface area contributed by atoms with Crippen LogP contribution in [0.3, 0.4) is 0 Å². The number of aromatic nitrogens is 3. The molecule has 0 spiro atoms. The average Bonchev–Trinajstić information content (AvgIpc) is 3.09. The molecule has 0 aliphatic carbocycles. The molecule has 30 heavy (non-hydrogen) atoms. The molecule has 2 aromatic heterocycles. The van der Waals surface area contributed by atoms with Crippen LogP contribution in [0.25, 0.3) is 22.2 Å². The predicted octanol–water partition coefficient (Wildman–Crippen LogP) is 4.86. The Morgan fingerprint density at radius 2 is 1.97 bits per heavy atom. The Morgan fingerprint density at radius 1 is 1.10 bits per heavy atom. The number of nitrogens with zero attached hydrogens (tertiary/aromatic N) is 4. The van der Waals surface area contributed by atoms with Crippen LogP contribution in [-0.2, 0) is 18.3 Å². The van der Waals surface area contributed by atoms with Crippen molar-refractivity contribution in [3.63, 3.8) is 0 Å². The molecular weight excluding hydrogens is 396 g/mol. The molecule has 6 heteroatoms. The number of halogens is 1. The molecule has 3 heterocycles. The van der Waals surface area contributed by atoms with Crippen molar-refractivity contribution >= 4 is 22.5 Å². The molecule has 1 saturated heterocycles. The van der Waals surface area contributed by atoms with E-state index in [1.165, 1.54) is 16.5 Å². The highest BCUT2D eigenvalue weighted by Crippen LogP contribution is 2.31. The lowest BCUT2D eigenvalue weighted by Gasteiger charge is -2.33. The highest BCUT2D eigenvalue weighted by atomic mass is 35.5. The van der Waals surface area contributed by atoms with Gasteiger partial charge in [0.1, 0.15) is 6.10 Å². The lowest BCUT2D eigenvalue weighted by Crippen LogP contribution is -2.38. The molecule has 0 amide bonds. The molecule has 0 saturated carbocycles. The van der Waals surface area contributed by atoms with Crippen LogP contribution in [0.4, 0.5) is 0 Å². The minimum Gasteiger partial charge on any atom is -0.369 e. The zero-order valence-corrected chi connectivity index (χ0v) is 17.6. The normalized spacial score (nSPS) is 17.5. The number of rotatable bonds is 4. The number of benzene rings is 2. The van der Waals surface area contributed by atoms with Crippen molar-refractivity contribution < 1.29 is 4.74 Å². The molecule has 1 fully saturated rings. The molecule has 1 aliphatic rings. The Morgan fingerprint density at radius 3 is 2.87 bits per heavy atom. The second-order valence-corrected chi connectivity index (χ2v) is 8.11. The first-order valence-corrected chi connectivity index (χ1v) is 10.5. The van der Waals surface area contributed by atoms with Gasteiger partial charge in [0.25, 0.3) is 0 Å². The molecule has 5 nitrogen and oxygen atoms in total. The van der Waals surface area contributed by atoms with Crippen molar-refractivity contribution in [3.8, 4) is 11.3 Å². The second kappa shape index (κ2) is 8.19. The van der Waals surface area contributed by atoms with E-state index in [-0.39, 0.29) is 6.10 Å². The van der Waals surface area contributed by atoms with Crippen LogP contribution >= 0.6 is 11.6 Å². The summed E-state index contributed by atoms with van der Waals surface area (Å²) in [6, 6.07) is 16.3. The van der Waals surface area contributed by atoms with Gasteiger partial charge in [-0.25, -0.2) is 0 Å². The van der Waals surface area contributed by atoms with Crippen LogP contribution in [0.2, 0.25) is 5.02 Å². The number of aryl methyl sites for hydroxylation is 1. The summed E-state index contributed by atoms with van der Waals surface area (Å²) < 4.78 is 8.33. The van der Waals surface area contributed by atoms with Gasteiger partial charge in [0.2, 0.25) is 0 Å². The van der Waals surface area contributed by atoms with Gasteiger partial charge in [0, 0.05) is 66.8 Å². The van der Waals surface area contributed by atoms with E-state index >= 15 is 0 Å². The predicted molar refractivity (Wildman–Crippen MR) is 119 cm³/mol. The maximum atomic E-state index is 6.21. The number of para-hydroxylation sites is 1. The summed E-state index contributed by atoms with van der Waals surface area (Å²) in [5.41, 5.74) is 5.25. The van der Waals surface area contributed by atoms with Gasteiger partial charge in [-0.15, -0.1) is 0 Å². The second-order valence-electron chi connectivity index (χ2n) is 7.68. The van der Waals surface area contributed by atoms with Crippen molar-refractivity contribution in [3.05, 3.63) is 83.4 Å². The van der Waals surface area contributed by atoms with Gasteiger partial charge in [0.15, 0.2) is 0 Å². The Kier molecular flexibility index (Phi) is 5.25. The first-order chi connectivity index (χ1) is 14.7. The Hall–Kier alpha value is -2.73. The average molecular weight is 419 g/mol. The van der Waals surface area contributed by atoms with Crippen molar-refractivity contribution in [1.29, 1.82) is 0 Å². The molecule has 2 aromatic carbocycles. The van der Waals surface area contributed by atoms with Gasteiger partial charge in [-0.3, -0.25) is 14.9 Å². The van der Waals surface area contributed by atoms with Crippen LogP contribution < -0.4 is 0 Å². The molecule has 0 bridgehead atoms. The van der Waals surface area contributed by atoms with Crippen molar-refractivity contribution in [1.82, 2.24) is 19.4 Å². The summed E-state index contributed by atoms with van der Waals surface area (Å²) in [7, 11) is 2.10. The monoisotopic (exact) mass is 418 g/mol. The summed E-state index contributed by atoms with van der Waals surface area (Å²) in [4.78, 5) is 11.7. The van der Waals surface area contributed by atoms with Crippen molar-refractivity contribution in [2.45, 2.75) is 12.6 Å². The summed E-state index contributed by atoms with van der Waals surface area (Å²) in [6.07, 6.45) is 5.55. The molecule has 4 aromatic rings. The Labute approximate surface area is 180 Å². The third-order valence-electron chi connectivity index (χ3n) is 5.65. The van der Waals surface area contributed by atoms with E-state index in [2.05, 4.69) is 56.9 Å². The number of morpholine rings is 1.